The van der Waals surface area contributed by atoms with Crippen molar-refractivity contribution in [2.24, 2.45) is 11.5 Å². The van der Waals surface area contributed by atoms with Crippen LogP contribution in [0.25, 0.3) is 0 Å². The smallest absolute Gasteiger partial charge is 0.262 e. The minimum atomic E-state index is -0.604. The van der Waals surface area contributed by atoms with Gasteiger partial charge in [0.15, 0.2) is 6.61 Å². The molecule has 0 bridgehead atoms. The molecule has 1 saturated carbocycles. The number of benzene rings is 3. The van der Waals surface area contributed by atoms with Gasteiger partial charge >= 0.3 is 0 Å². The predicted molar refractivity (Wildman–Crippen MR) is 164 cm³/mol. The molecule has 11 heteroatoms. The Morgan fingerprint density at radius 1 is 0.930 bits per heavy atom. The number of rotatable bonds is 12. The van der Waals surface area contributed by atoms with Crippen LogP contribution in [0.4, 0.5) is 17.1 Å². The van der Waals surface area contributed by atoms with Crippen LogP contribution < -0.4 is 32.2 Å². The first-order chi connectivity index (χ1) is 20.8. The molecule has 0 saturated heterocycles. The Morgan fingerprint density at radius 3 is 2.28 bits per heavy atom. The van der Waals surface area contributed by atoms with E-state index in [9.17, 15) is 19.2 Å². The Balaban J connectivity index is 1.16. The zero-order chi connectivity index (χ0) is 30.3. The molecule has 224 valence electrons. The third-order valence-electron chi connectivity index (χ3n) is 7.40. The maximum absolute atomic E-state index is 13.4. The fraction of sp³-hybridized carbons (Fsp3) is 0.312. The molecule has 0 spiro atoms. The number of unbranched alkanes of at least 4 members (excludes halogenated alkanes) is 1. The summed E-state index contributed by atoms with van der Waals surface area (Å²) in [4.78, 5) is 52.0. The molecule has 4 amide bonds. The third kappa shape index (κ3) is 7.76. The van der Waals surface area contributed by atoms with Gasteiger partial charge in [-0.3, -0.25) is 19.2 Å². The Morgan fingerprint density at radius 2 is 1.60 bits per heavy atom. The van der Waals surface area contributed by atoms with Crippen LogP contribution in [0.2, 0.25) is 0 Å². The molecular weight excluding hydrogens is 548 g/mol. The second kappa shape index (κ2) is 13.5. The number of hydrogen-bond acceptors (Lipinski definition) is 7. The first-order valence-corrected chi connectivity index (χ1v) is 14.5. The molecule has 5 rings (SSSR count). The van der Waals surface area contributed by atoms with Gasteiger partial charge in [-0.05, 0) is 92.4 Å². The zero-order valence-electron chi connectivity index (χ0n) is 23.8. The fourth-order valence-corrected chi connectivity index (χ4v) is 4.80. The molecule has 0 unspecified atom stereocenters. The lowest BCUT2D eigenvalue weighted by Crippen LogP contribution is -2.35. The van der Waals surface area contributed by atoms with Gasteiger partial charge in [0.1, 0.15) is 5.75 Å². The SMILES string of the molecule is NCCCC[C@H](N)C(=O)Nc1ccc(NC(=O)c2ccc(CN(C(=O)c3ccc4c(c3)OCC(=O)N4)C3CC3)cc2)cc1. The van der Waals surface area contributed by atoms with Crippen molar-refractivity contribution in [3.8, 4) is 5.75 Å². The second-order valence-corrected chi connectivity index (χ2v) is 10.8. The molecular formula is C32H36N6O5. The van der Waals surface area contributed by atoms with Crippen LogP contribution in [0.5, 0.6) is 5.75 Å². The van der Waals surface area contributed by atoms with Crippen LogP contribution in [0, 0.1) is 0 Å². The summed E-state index contributed by atoms with van der Waals surface area (Å²) in [5.74, 6) is -0.392. The van der Waals surface area contributed by atoms with Crippen LogP contribution >= 0.6 is 0 Å². The molecule has 2 aliphatic rings. The summed E-state index contributed by atoms with van der Waals surface area (Å²) in [6, 6.07) is 18.6. The predicted octanol–water partition coefficient (Wildman–Crippen LogP) is 3.47. The largest absolute Gasteiger partial charge is 0.482 e. The molecule has 1 fully saturated rings. The van der Waals surface area contributed by atoms with E-state index in [-0.39, 0.29) is 36.3 Å². The van der Waals surface area contributed by atoms with Gasteiger partial charge in [-0.2, -0.15) is 0 Å². The highest BCUT2D eigenvalue weighted by molar-refractivity contribution is 6.04. The minimum absolute atomic E-state index is 0.0775. The lowest BCUT2D eigenvalue weighted by atomic mass is 10.1. The summed E-state index contributed by atoms with van der Waals surface area (Å²) in [7, 11) is 0. The van der Waals surface area contributed by atoms with Crippen molar-refractivity contribution >= 4 is 40.7 Å². The number of nitrogens with zero attached hydrogens (tertiary/aromatic N) is 1. The van der Waals surface area contributed by atoms with Gasteiger partial charge in [0, 0.05) is 35.1 Å². The van der Waals surface area contributed by atoms with E-state index in [2.05, 4.69) is 16.0 Å². The Kier molecular flexibility index (Phi) is 9.33. The van der Waals surface area contributed by atoms with Crippen LogP contribution in [0.3, 0.4) is 0 Å². The topological polar surface area (TPSA) is 169 Å². The number of hydrogen-bond donors (Lipinski definition) is 5. The normalized spacial score (nSPS) is 14.5. The Bertz CT molecular complexity index is 1490. The Hall–Kier alpha value is -4.74. The highest BCUT2D eigenvalue weighted by Gasteiger charge is 2.33. The van der Waals surface area contributed by atoms with E-state index in [0.717, 1.165) is 31.2 Å². The van der Waals surface area contributed by atoms with Crippen molar-refractivity contribution in [2.45, 2.75) is 50.7 Å². The molecule has 1 aliphatic carbocycles. The van der Waals surface area contributed by atoms with Crippen molar-refractivity contribution in [3.63, 3.8) is 0 Å². The summed E-state index contributed by atoms with van der Waals surface area (Å²) >= 11 is 0. The number of anilines is 3. The summed E-state index contributed by atoms with van der Waals surface area (Å²) < 4.78 is 5.48. The fourth-order valence-electron chi connectivity index (χ4n) is 4.80. The molecule has 7 N–H and O–H groups in total. The highest BCUT2D eigenvalue weighted by Crippen LogP contribution is 2.33. The number of ether oxygens (including phenoxy) is 1. The van der Waals surface area contributed by atoms with Crippen molar-refractivity contribution in [1.82, 2.24) is 4.90 Å². The van der Waals surface area contributed by atoms with Crippen molar-refractivity contribution in [3.05, 3.63) is 83.4 Å². The van der Waals surface area contributed by atoms with Gasteiger partial charge in [-0.1, -0.05) is 18.6 Å². The maximum atomic E-state index is 13.4. The third-order valence-corrected chi connectivity index (χ3v) is 7.40. The van der Waals surface area contributed by atoms with Crippen LogP contribution in [-0.2, 0) is 16.1 Å². The van der Waals surface area contributed by atoms with Gasteiger partial charge in [-0.25, -0.2) is 0 Å². The maximum Gasteiger partial charge on any atom is 0.262 e. The van der Waals surface area contributed by atoms with Gasteiger partial charge in [0.05, 0.1) is 11.7 Å². The second-order valence-electron chi connectivity index (χ2n) is 10.8. The average molecular weight is 585 g/mol. The van der Waals surface area contributed by atoms with Crippen LogP contribution in [0.15, 0.2) is 66.7 Å². The summed E-state index contributed by atoms with van der Waals surface area (Å²) in [6.07, 6.45) is 4.06. The molecule has 0 aromatic heterocycles. The molecule has 43 heavy (non-hydrogen) atoms. The Labute approximate surface area is 249 Å². The zero-order valence-corrected chi connectivity index (χ0v) is 23.8. The standard InChI is InChI=1S/C32H36N6O5/c33-16-2-1-3-26(34)31(41)36-24-11-9-23(10-12-24)35-30(40)21-6-4-20(5-7-21)18-38(25-13-14-25)32(42)22-8-15-27-28(17-22)43-19-29(39)37-27/h4-12,15,17,25-26H,1-3,13-14,16,18-19,33-34H2,(H,35,40)(H,36,41)(H,37,39)/t26-/m0/s1. The van der Waals surface area contributed by atoms with Gasteiger partial charge < -0.3 is 37.1 Å². The monoisotopic (exact) mass is 584 g/mol. The highest BCUT2D eigenvalue weighted by atomic mass is 16.5. The van der Waals surface area contributed by atoms with Crippen molar-refractivity contribution in [1.29, 1.82) is 0 Å². The number of carbonyl (C=O) groups is 4. The van der Waals surface area contributed by atoms with Gasteiger partial charge in [0.25, 0.3) is 17.7 Å². The molecule has 3 aromatic rings. The molecule has 11 nitrogen and oxygen atoms in total. The molecule has 1 atom stereocenters. The summed E-state index contributed by atoms with van der Waals surface area (Å²) in [5.41, 5.74) is 15.0. The molecule has 1 aliphatic heterocycles. The van der Waals surface area contributed by atoms with E-state index in [0.29, 0.717) is 53.4 Å². The van der Waals surface area contributed by atoms with E-state index in [4.69, 9.17) is 16.2 Å². The molecule has 0 radical (unpaired) electrons. The first kappa shape index (κ1) is 29.7. The van der Waals surface area contributed by atoms with Crippen LogP contribution in [-0.4, -0.2) is 53.8 Å². The number of nitrogens with one attached hydrogen (secondary N) is 3. The van der Waals surface area contributed by atoms with E-state index in [1.165, 1.54) is 0 Å². The summed E-state index contributed by atoms with van der Waals surface area (Å²) in [6.45, 7) is 0.901. The number of nitrogens with two attached hydrogens (primary N) is 2. The number of fused-ring (bicyclic) bond motifs is 1. The lowest BCUT2D eigenvalue weighted by Gasteiger charge is -2.24. The van der Waals surface area contributed by atoms with E-state index >= 15 is 0 Å². The number of amides is 4. The summed E-state index contributed by atoms with van der Waals surface area (Å²) in [5, 5.41) is 8.39. The minimum Gasteiger partial charge on any atom is -0.482 e. The lowest BCUT2D eigenvalue weighted by molar-refractivity contribution is -0.119. The van der Waals surface area contributed by atoms with E-state index in [1.54, 1.807) is 54.6 Å². The molecule has 1 heterocycles. The van der Waals surface area contributed by atoms with Crippen LogP contribution in [0.1, 0.15) is 58.4 Å². The van der Waals surface area contributed by atoms with Crippen molar-refractivity contribution < 1.29 is 23.9 Å². The first-order valence-electron chi connectivity index (χ1n) is 14.5. The molecule has 3 aromatic carbocycles. The quantitative estimate of drug-likeness (QED) is 0.203. The van der Waals surface area contributed by atoms with Crippen molar-refractivity contribution in [2.75, 3.05) is 29.1 Å². The van der Waals surface area contributed by atoms with E-state index < -0.39 is 6.04 Å². The number of carbonyl (C=O) groups excluding carboxylic acids is 4. The van der Waals surface area contributed by atoms with Gasteiger partial charge in [0.2, 0.25) is 5.91 Å². The average Bonchev–Trinajstić information content (AvgIpc) is 3.86. The van der Waals surface area contributed by atoms with Gasteiger partial charge in [-0.15, -0.1) is 0 Å². The van der Waals surface area contributed by atoms with E-state index in [1.807, 2.05) is 17.0 Å².